The smallest absolute Gasteiger partial charge is 0.153 e. The Labute approximate surface area is 120 Å². The highest BCUT2D eigenvalue weighted by Gasteiger charge is 2.08. The molecule has 0 bridgehead atoms. The molecule has 0 heterocycles. The van der Waals surface area contributed by atoms with Crippen LogP contribution in [-0.2, 0) is 0 Å². The van der Waals surface area contributed by atoms with Crippen LogP contribution in [0.25, 0.3) is 0 Å². The fourth-order valence-electron chi connectivity index (χ4n) is 1.37. The average molecular weight is 374 g/mol. The summed E-state index contributed by atoms with van der Waals surface area (Å²) in [4.78, 5) is 10.9. The first kappa shape index (κ1) is 13.2. The first-order valence-electron chi connectivity index (χ1n) is 4.98. The molecule has 0 N–H and O–H groups in total. The number of hydrogen-bond acceptors (Lipinski definition) is 2. The third-order valence-electron chi connectivity index (χ3n) is 2.22. The van der Waals surface area contributed by atoms with Crippen LogP contribution in [0.5, 0.6) is 11.5 Å². The molecule has 0 saturated carbocycles. The highest BCUT2D eigenvalue weighted by molar-refractivity contribution is 9.10. The topological polar surface area (TPSA) is 26.3 Å². The number of halogens is 3. The van der Waals surface area contributed by atoms with Crippen molar-refractivity contribution in [3.05, 3.63) is 56.7 Å². The summed E-state index contributed by atoms with van der Waals surface area (Å²) in [5.74, 6) is 0.489. The summed E-state index contributed by atoms with van der Waals surface area (Å²) < 4.78 is 19.8. The molecule has 0 aliphatic carbocycles. The van der Waals surface area contributed by atoms with Crippen molar-refractivity contribution in [1.29, 1.82) is 0 Å². The second-order valence-corrected chi connectivity index (χ2v) is 5.25. The van der Waals surface area contributed by atoms with E-state index in [0.29, 0.717) is 27.8 Å². The zero-order valence-corrected chi connectivity index (χ0v) is 12.2. The molecule has 0 atom stereocenters. The largest absolute Gasteiger partial charge is 0.455 e. The standard InChI is InChI=1S/C13H7Br2FO2/c14-9-2-1-8(7-17)13(5-9)18-12-4-3-10(16)6-11(12)15/h1-7H. The quantitative estimate of drug-likeness (QED) is 0.711. The van der Waals surface area contributed by atoms with E-state index in [1.165, 1.54) is 18.2 Å². The third kappa shape index (κ3) is 2.97. The van der Waals surface area contributed by atoms with Crippen molar-refractivity contribution in [2.75, 3.05) is 0 Å². The summed E-state index contributed by atoms with van der Waals surface area (Å²) in [6.07, 6.45) is 0.708. The zero-order chi connectivity index (χ0) is 13.1. The van der Waals surface area contributed by atoms with Crippen molar-refractivity contribution in [2.45, 2.75) is 0 Å². The Kier molecular flexibility index (Phi) is 4.14. The van der Waals surface area contributed by atoms with Crippen LogP contribution in [0.2, 0.25) is 0 Å². The number of carbonyl (C=O) groups excluding carboxylic acids is 1. The summed E-state index contributed by atoms with van der Waals surface area (Å²) in [7, 11) is 0. The molecule has 0 aliphatic rings. The van der Waals surface area contributed by atoms with Crippen LogP contribution >= 0.6 is 31.9 Å². The fourth-order valence-corrected chi connectivity index (χ4v) is 2.14. The van der Waals surface area contributed by atoms with E-state index in [9.17, 15) is 9.18 Å². The van der Waals surface area contributed by atoms with Gasteiger partial charge in [-0.2, -0.15) is 0 Å². The summed E-state index contributed by atoms with van der Waals surface area (Å²) >= 11 is 6.51. The predicted molar refractivity (Wildman–Crippen MR) is 73.7 cm³/mol. The normalized spacial score (nSPS) is 10.2. The summed E-state index contributed by atoms with van der Waals surface area (Å²) in [5.41, 5.74) is 0.425. The molecule has 5 heteroatoms. The molecular weight excluding hydrogens is 367 g/mol. The van der Waals surface area contributed by atoms with Gasteiger partial charge in [-0.1, -0.05) is 15.9 Å². The monoisotopic (exact) mass is 372 g/mol. The Balaban J connectivity index is 2.39. The molecule has 0 aromatic heterocycles. The number of aldehydes is 1. The van der Waals surface area contributed by atoms with Gasteiger partial charge in [0.2, 0.25) is 0 Å². The summed E-state index contributed by atoms with van der Waals surface area (Å²) in [6.45, 7) is 0. The van der Waals surface area contributed by atoms with E-state index < -0.39 is 0 Å². The molecule has 0 aliphatic heterocycles. The van der Waals surface area contributed by atoms with Gasteiger partial charge in [0.15, 0.2) is 6.29 Å². The second-order valence-electron chi connectivity index (χ2n) is 3.48. The van der Waals surface area contributed by atoms with Crippen molar-refractivity contribution >= 4 is 38.1 Å². The minimum absolute atomic E-state index is 0.362. The Hall–Kier alpha value is -1.20. The minimum atomic E-state index is -0.362. The van der Waals surface area contributed by atoms with Gasteiger partial charge < -0.3 is 4.74 Å². The lowest BCUT2D eigenvalue weighted by Gasteiger charge is -2.10. The van der Waals surface area contributed by atoms with Gasteiger partial charge in [-0.15, -0.1) is 0 Å². The maximum atomic E-state index is 12.9. The number of carbonyl (C=O) groups is 1. The summed E-state index contributed by atoms with van der Waals surface area (Å²) in [5, 5.41) is 0. The molecule has 0 saturated heterocycles. The lowest BCUT2D eigenvalue weighted by atomic mass is 10.2. The Bertz CT molecular complexity index is 600. The van der Waals surface area contributed by atoms with E-state index in [4.69, 9.17) is 4.74 Å². The fraction of sp³-hybridized carbons (Fsp3) is 0. The number of rotatable bonds is 3. The Morgan fingerprint density at radius 3 is 2.50 bits per heavy atom. The van der Waals surface area contributed by atoms with Crippen LogP contribution in [0.4, 0.5) is 4.39 Å². The van der Waals surface area contributed by atoms with Crippen LogP contribution in [0.3, 0.4) is 0 Å². The third-order valence-corrected chi connectivity index (χ3v) is 3.33. The first-order chi connectivity index (χ1) is 8.60. The average Bonchev–Trinajstić information content (AvgIpc) is 2.33. The van der Waals surface area contributed by atoms with Crippen molar-refractivity contribution in [3.8, 4) is 11.5 Å². The number of hydrogen-bond donors (Lipinski definition) is 0. The van der Waals surface area contributed by atoms with Gasteiger partial charge in [0.05, 0.1) is 10.0 Å². The van der Waals surface area contributed by atoms with E-state index in [2.05, 4.69) is 31.9 Å². The van der Waals surface area contributed by atoms with E-state index in [0.717, 1.165) is 4.47 Å². The van der Waals surface area contributed by atoms with Crippen molar-refractivity contribution in [1.82, 2.24) is 0 Å². The summed E-state index contributed by atoms with van der Waals surface area (Å²) in [6, 6.07) is 9.15. The molecule has 0 radical (unpaired) electrons. The first-order valence-corrected chi connectivity index (χ1v) is 6.56. The van der Waals surface area contributed by atoms with E-state index in [-0.39, 0.29) is 5.82 Å². The van der Waals surface area contributed by atoms with Crippen molar-refractivity contribution in [3.63, 3.8) is 0 Å². The lowest BCUT2D eigenvalue weighted by molar-refractivity contribution is 0.112. The molecule has 18 heavy (non-hydrogen) atoms. The molecule has 2 rings (SSSR count). The number of ether oxygens (including phenoxy) is 1. The van der Waals surface area contributed by atoms with Crippen LogP contribution in [-0.4, -0.2) is 6.29 Å². The van der Waals surface area contributed by atoms with Crippen LogP contribution in [0.1, 0.15) is 10.4 Å². The molecular formula is C13H7Br2FO2. The van der Waals surface area contributed by atoms with Gasteiger partial charge in [-0.25, -0.2) is 4.39 Å². The van der Waals surface area contributed by atoms with Crippen molar-refractivity contribution in [2.24, 2.45) is 0 Å². The second kappa shape index (κ2) is 5.63. The Morgan fingerprint density at radius 1 is 1.06 bits per heavy atom. The molecule has 0 unspecified atom stereocenters. The zero-order valence-electron chi connectivity index (χ0n) is 8.99. The van der Waals surface area contributed by atoms with Gasteiger partial charge in [0.25, 0.3) is 0 Å². The molecule has 92 valence electrons. The highest BCUT2D eigenvalue weighted by atomic mass is 79.9. The van der Waals surface area contributed by atoms with Gasteiger partial charge in [0.1, 0.15) is 17.3 Å². The predicted octanol–water partition coefficient (Wildman–Crippen LogP) is 4.96. The van der Waals surface area contributed by atoms with Gasteiger partial charge in [-0.3, -0.25) is 4.79 Å². The molecule has 2 aromatic rings. The van der Waals surface area contributed by atoms with Gasteiger partial charge >= 0.3 is 0 Å². The van der Waals surface area contributed by atoms with Crippen LogP contribution in [0.15, 0.2) is 45.3 Å². The molecule has 0 fully saturated rings. The lowest BCUT2D eigenvalue weighted by Crippen LogP contribution is -1.91. The van der Waals surface area contributed by atoms with E-state index in [1.54, 1.807) is 18.2 Å². The SMILES string of the molecule is O=Cc1ccc(Br)cc1Oc1ccc(F)cc1Br. The van der Waals surface area contributed by atoms with E-state index >= 15 is 0 Å². The highest BCUT2D eigenvalue weighted by Crippen LogP contribution is 2.32. The minimum Gasteiger partial charge on any atom is -0.455 e. The molecule has 2 aromatic carbocycles. The van der Waals surface area contributed by atoms with Crippen LogP contribution in [0, 0.1) is 5.82 Å². The van der Waals surface area contributed by atoms with Gasteiger partial charge in [0, 0.05) is 4.47 Å². The molecule has 2 nitrogen and oxygen atoms in total. The molecule has 0 spiro atoms. The van der Waals surface area contributed by atoms with E-state index in [1.807, 2.05) is 0 Å². The maximum absolute atomic E-state index is 12.9. The Morgan fingerprint density at radius 2 is 1.83 bits per heavy atom. The molecule has 0 amide bonds. The van der Waals surface area contributed by atoms with Crippen LogP contribution < -0.4 is 4.74 Å². The van der Waals surface area contributed by atoms with Gasteiger partial charge in [-0.05, 0) is 52.3 Å². The van der Waals surface area contributed by atoms with Crippen molar-refractivity contribution < 1.29 is 13.9 Å². The maximum Gasteiger partial charge on any atom is 0.153 e. The number of benzene rings is 2.